The van der Waals surface area contributed by atoms with Gasteiger partial charge in [0.05, 0.1) is 0 Å². The topological polar surface area (TPSA) is 64.1 Å². The molecule has 0 heterocycles. The fourth-order valence-electron chi connectivity index (χ4n) is 0.329. The summed E-state index contributed by atoms with van der Waals surface area (Å²) < 4.78 is 0. The second kappa shape index (κ2) is 72.4. The van der Waals surface area contributed by atoms with Crippen molar-refractivity contribution in [3.8, 4) is 0 Å². The molecule has 17 heavy (non-hydrogen) atoms. The Bertz CT molecular complexity index is 42.7. The molecule has 0 saturated carbocycles. The van der Waals surface area contributed by atoms with E-state index in [1.165, 1.54) is 0 Å². The molecule has 0 amide bonds. The molecule has 0 aromatic rings. The summed E-state index contributed by atoms with van der Waals surface area (Å²) in [5.74, 6) is 0. The zero-order valence-corrected chi connectivity index (χ0v) is 34.5. The van der Waals surface area contributed by atoms with Gasteiger partial charge >= 0.3 is 0 Å². The maximum atomic E-state index is 5.17. The molecule has 0 spiro atoms. The molecule has 0 aliphatic heterocycles. The van der Waals surface area contributed by atoms with Crippen LogP contribution in [0.25, 0.3) is 0 Å². The number of nitrogens with one attached hydrogen (secondary N) is 1. The third kappa shape index (κ3) is 76.6. The van der Waals surface area contributed by atoms with Crippen molar-refractivity contribution in [1.82, 2.24) is 5.32 Å². The van der Waals surface area contributed by atoms with Crippen molar-refractivity contribution in [2.24, 2.45) is 11.5 Å². The van der Waals surface area contributed by atoms with Crippen LogP contribution in [0.3, 0.4) is 0 Å². The second-order valence-electron chi connectivity index (χ2n) is 1.33. The van der Waals surface area contributed by atoms with Crippen molar-refractivity contribution in [3.63, 3.8) is 0 Å². The average molecular weight is 333 g/mol. The summed E-state index contributed by atoms with van der Waals surface area (Å²) in [6.45, 7) is 3.13. The SMILES string of the molecule is NCCNCCN.[Na].[Na].[Na].[Na].[Na].[Na].[Na].[Na].[Na].[Na]. The molecular weight excluding hydrogens is 320 g/mol. The van der Waals surface area contributed by atoms with Crippen LogP contribution in [0.2, 0.25) is 0 Å². The molecule has 0 bridgehead atoms. The standard InChI is InChI=1S/C4H13N3.10Na/c5-1-3-7-4-2-6;;;;;;;;;;/h7H,1-6H2;;;;;;;;;;. The van der Waals surface area contributed by atoms with Gasteiger partial charge in [0.1, 0.15) is 0 Å². The summed E-state index contributed by atoms with van der Waals surface area (Å²) in [5.41, 5.74) is 10.3. The van der Waals surface area contributed by atoms with Crippen LogP contribution >= 0.6 is 0 Å². The molecule has 0 rings (SSSR count). The molecule has 0 aliphatic carbocycles. The summed E-state index contributed by atoms with van der Waals surface area (Å²) in [7, 11) is 0. The monoisotopic (exact) mass is 333 g/mol. The Balaban J connectivity index is -0.00000000400. The Morgan fingerprint density at radius 3 is 0.765 bits per heavy atom. The quantitative estimate of drug-likeness (QED) is 0.356. The predicted octanol–water partition coefficient (Wildman–Crippen LogP) is -5.31. The molecule has 54 valence electrons. The van der Waals surface area contributed by atoms with Gasteiger partial charge in [-0.15, -0.1) is 0 Å². The largest absolute Gasteiger partial charge is 0.329 e. The first-order valence-corrected chi connectivity index (χ1v) is 2.52. The molecule has 0 unspecified atom stereocenters. The third-order valence-electron chi connectivity index (χ3n) is 0.642. The van der Waals surface area contributed by atoms with E-state index in [-0.39, 0.29) is 296 Å². The summed E-state index contributed by atoms with van der Waals surface area (Å²) in [6, 6.07) is 0. The molecule has 0 aromatic carbocycles. The van der Waals surface area contributed by atoms with E-state index in [2.05, 4.69) is 5.32 Å². The number of nitrogens with two attached hydrogens (primary N) is 2. The zero-order chi connectivity index (χ0) is 5.54. The van der Waals surface area contributed by atoms with Crippen molar-refractivity contribution in [2.45, 2.75) is 0 Å². The minimum Gasteiger partial charge on any atom is -0.329 e. The Hall–Kier alpha value is 9.88. The van der Waals surface area contributed by atoms with E-state index < -0.39 is 0 Å². The smallest absolute Gasteiger partial charge is 0.00750 e. The maximum absolute atomic E-state index is 5.17. The second-order valence-corrected chi connectivity index (χ2v) is 1.33. The van der Waals surface area contributed by atoms with Crippen LogP contribution in [0.1, 0.15) is 0 Å². The van der Waals surface area contributed by atoms with Crippen LogP contribution in [-0.4, -0.2) is 322 Å². The van der Waals surface area contributed by atoms with Gasteiger partial charge < -0.3 is 16.8 Å². The molecule has 5 N–H and O–H groups in total. The molecule has 0 aliphatic rings. The van der Waals surface area contributed by atoms with E-state index in [0.717, 1.165) is 13.1 Å². The van der Waals surface area contributed by atoms with Crippen LogP contribution < -0.4 is 16.8 Å². The Morgan fingerprint density at radius 2 is 0.647 bits per heavy atom. The fourth-order valence-corrected chi connectivity index (χ4v) is 0.329. The van der Waals surface area contributed by atoms with Gasteiger partial charge in [-0.25, -0.2) is 0 Å². The van der Waals surface area contributed by atoms with Crippen molar-refractivity contribution < 1.29 is 0 Å². The molecule has 0 atom stereocenters. The van der Waals surface area contributed by atoms with Gasteiger partial charge in [-0.1, -0.05) is 0 Å². The first kappa shape index (κ1) is 71.4. The minimum atomic E-state index is 0. The van der Waals surface area contributed by atoms with Crippen LogP contribution in [0.5, 0.6) is 0 Å². The van der Waals surface area contributed by atoms with Gasteiger partial charge in [-0.2, -0.15) is 0 Å². The first-order chi connectivity index (χ1) is 3.41. The van der Waals surface area contributed by atoms with Gasteiger partial charge in [0.25, 0.3) is 0 Å². The fraction of sp³-hybridized carbons (Fsp3) is 1.00. The van der Waals surface area contributed by atoms with E-state index in [1.807, 2.05) is 0 Å². The summed E-state index contributed by atoms with van der Waals surface area (Å²) in [5, 5.41) is 3.03. The van der Waals surface area contributed by atoms with E-state index in [0.29, 0.717) is 13.1 Å². The maximum Gasteiger partial charge on any atom is 0.00750 e. The third-order valence-corrected chi connectivity index (χ3v) is 0.642. The molecular formula is C4H13N3Na10. The molecule has 0 fully saturated rings. The van der Waals surface area contributed by atoms with Crippen molar-refractivity contribution in [1.29, 1.82) is 0 Å². The summed E-state index contributed by atoms with van der Waals surface area (Å²) in [4.78, 5) is 0. The molecule has 10 radical (unpaired) electrons. The average Bonchev–Trinajstić information content (AvgIpc) is 1.69. The van der Waals surface area contributed by atoms with Crippen LogP contribution in [0.15, 0.2) is 0 Å². The van der Waals surface area contributed by atoms with Gasteiger partial charge in [0.15, 0.2) is 0 Å². The predicted molar refractivity (Wildman–Crippen MR) is 88.5 cm³/mol. The van der Waals surface area contributed by atoms with Crippen molar-refractivity contribution in [2.75, 3.05) is 26.2 Å². The van der Waals surface area contributed by atoms with Gasteiger partial charge in [0, 0.05) is 322 Å². The molecule has 3 nitrogen and oxygen atoms in total. The Labute approximate surface area is 328 Å². The van der Waals surface area contributed by atoms with Crippen molar-refractivity contribution in [3.05, 3.63) is 0 Å². The number of hydrogen-bond donors (Lipinski definition) is 3. The van der Waals surface area contributed by atoms with Gasteiger partial charge in [-0.05, 0) is 0 Å². The first-order valence-electron chi connectivity index (χ1n) is 2.52. The van der Waals surface area contributed by atoms with E-state index in [9.17, 15) is 0 Å². The van der Waals surface area contributed by atoms with Crippen molar-refractivity contribution >= 4 is 296 Å². The molecule has 0 aromatic heterocycles. The number of hydrogen-bond acceptors (Lipinski definition) is 3. The Morgan fingerprint density at radius 1 is 0.471 bits per heavy atom. The molecule has 13 heteroatoms. The number of rotatable bonds is 4. The summed E-state index contributed by atoms with van der Waals surface area (Å²) >= 11 is 0. The molecule has 0 saturated heterocycles. The van der Waals surface area contributed by atoms with Crippen LogP contribution in [0, 0.1) is 0 Å². The van der Waals surface area contributed by atoms with E-state index >= 15 is 0 Å². The van der Waals surface area contributed by atoms with E-state index in [1.54, 1.807) is 0 Å². The Kier molecular flexibility index (Phi) is 304. The van der Waals surface area contributed by atoms with Gasteiger partial charge in [0.2, 0.25) is 0 Å². The minimum absolute atomic E-state index is 0. The summed E-state index contributed by atoms with van der Waals surface area (Å²) in [6.07, 6.45) is 0. The van der Waals surface area contributed by atoms with Crippen LogP contribution in [-0.2, 0) is 0 Å². The normalized spacial score (nSPS) is 3.88. The van der Waals surface area contributed by atoms with Gasteiger partial charge in [-0.3, -0.25) is 0 Å². The van der Waals surface area contributed by atoms with Crippen LogP contribution in [0.4, 0.5) is 0 Å². The van der Waals surface area contributed by atoms with E-state index in [4.69, 9.17) is 11.5 Å². The zero-order valence-electron chi connectivity index (χ0n) is 14.5.